The molecule has 0 atom stereocenters. The third kappa shape index (κ3) is 4.38. The molecule has 0 unspecified atom stereocenters. The largest absolute Gasteiger partial charge is 0.461 e. The van der Waals surface area contributed by atoms with Crippen LogP contribution < -0.4 is 0 Å². The van der Waals surface area contributed by atoms with Gasteiger partial charge < -0.3 is 14.2 Å². The van der Waals surface area contributed by atoms with E-state index in [9.17, 15) is 14.4 Å². The molecular formula is C38H28O6. The molecule has 216 valence electrons. The van der Waals surface area contributed by atoms with Crippen LogP contribution in [-0.2, 0) is 34.2 Å². The van der Waals surface area contributed by atoms with Crippen molar-refractivity contribution in [2.24, 2.45) is 0 Å². The number of carbonyl (C=O) groups is 3. The average molecular weight is 581 g/mol. The van der Waals surface area contributed by atoms with Gasteiger partial charge in [-0.3, -0.25) is 4.79 Å². The van der Waals surface area contributed by atoms with Gasteiger partial charge in [-0.05, 0) is 44.5 Å². The Morgan fingerprint density at radius 2 is 0.864 bits per heavy atom. The Hall–Kier alpha value is -5.49. The molecule has 0 spiro atoms. The van der Waals surface area contributed by atoms with Crippen LogP contribution in [-0.4, -0.2) is 31.6 Å². The maximum Gasteiger partial charge on any atom is 0.367 e. The molecule has 0 heterocycles. The van der Waals surface area contributed by atoms with E-state index in [0.29, 0.717) is 0 Å². The molecule has 0 fully saturated rings. The van der Waals surface area contributed by atoms with Crippen molar-refractivity contribution < 1.29 is 28.6 Å². The first-order valence-corrected chi connectivity index (χ1v) is 14.5. The summed E-state index contributed by atoms with van der Waals surface area (Å²) in [5, 5.41) is 0. The molecule has 2 aliphatic carbocycles. The lowest BCUT2D eigenvalue weighted by Gasteiger charge is -2.29. The van der Waals surface area contributed by atoms with Crippen LogP contribution in [0.15, 0.2) is 127 Å². The van der Waals surface area contributed by atoms with Crippen molar-refractivity contribution in [2.45, 2.75) is 17.4 Å². The zero-order chi connectivity index (χ0) is 30.1. The summed E-state index contributed by atoms with van der Waals surface area (Å²) in [6.07, 6.45) is 0. The topological polar surface area (TPSA) is 78.9 Å². The number of ether oxygens (including phenoxy) is 3. The van der Waals surface area contributed by atoms with Crippen molar-refractivity contribution in [3.05, 3.63) is 155 Å². The quantitative estimate of drug-likeness (QED) is 0.0829. The average Bonchev–Trinajstić information content (AvgIpc) is 3.58. The van der Waals surface area contributed by atoms with Gasteiger partial charge in [-0.1, -0.05) is 127 Å². The van der Waals surface area contributed by atoms with Gasteiger partial charge in [-0.25, -0.2) is 9.59 Å². The van der Waals surface area contributed by atoms with Crippen molar-refractivity contribution in [3.63, 3.8) is 0 Å². The van der Waals surface area contributed by atoms with E-state index in [1.54, 1.807) is 30.3 Å². The minimum atomic E-state index is -2.45. The lowest BCUT2D eigenvalue weighted by molar-refractivity contribution is -0.193. The highest BCUT2D eigenvalue weighted by Gasteiger charge is 2.54. The highest BCUT2D eigenvalue weighted by Crippen LogP contribution is 2.46. The fourth-order valence-electron chi connectivity index (χ4n) is 6.63. The lowest BCUT2D eigenvalue weighted by atomic mass is 9.92. The number of carbonyl (C=O) groups excluding carboxylic acids is 3. The molecule has 5 aromatic rings. The van der Waals surface area contributed by atoms with Gasteiger partial charge in [0.15, 0.2) is 0 Å². The van der Waals surface area contributed by atoms with E-state index in [1.165, 1.54) is 0 Å². The molecule has 6 nitrogen and oxygen atoms in total. The van der Waals surface area contributed by atoms with E-state index in [2.05, 4.69) is 0 Å². The second-order valence-corrected chi connectivity index (χ2v) is 10.9. The summed E-state index contributed by atoms with van der Waals surface area (Å²) >= 11 is 0. The molecule has 0 aliphatic heterocycles. The Balaban J connectivity index is 1.19. The van der Waals surface area contributed by atoms with Crippen LogP contribution >= 0.6 is 0 Å². The summed E-state index contributed by atoms with van der Waals surface area (Å²) in [5.74, 6) is -2.54. The Labute approximate surface area is 254 Å². The summed E-state index contributed by atoms with van der Waals surface area (Å²) in [6.45, 7) is -0.0174. The Morgan fingerprint density at radius 3 is 1.23 bits per heavy atom. The van der Waals surface area contributed by atoms with Crippen LogP contribution in [0.2, 0.25) is 0 Å². The van der Waals surface area contributed by atoms with Gasteiger partial charge in [0.25, 0.3) is 6.47 Å². The molecule has 2 aliphatic rings. The predicted octanol–water partition coefficient (Wildman–Crippen LogP) is 6.77. The smallest absolute Gasteiger partial charge is 0.367 e. The molecule has 0 saturated heterocycles. The Morgan fingerprint density at radius 1 is 0.523 bits per heavy atom. The maximum absolute atomic E-state index is 14.1. The summed E-state index contributed by atoms with van der Waals surface area (Å²) < 4.78 is 17.2. The Bertz CT molecular complexity index is 1680. The minimum Gasteiger partial charge on any atom is -0.461 e. The fraction of sp³-hybridized carbons (Fsp3) is 0.132. The monoisotopic (exact) mass is 580 g/mol. The van der Waals surface area contributed by atoms with Crippen molar-refractivity contribution in [1.29, 1.82) is 0 Å². The van der Waals surface area contributed by atoms with Gasteiger partial charge in [-0.15, -0.1) is 0 Å². The fourth-order valence-corrected chi connectivity index (χ4v) is 6.63. The first kappa shape index (κ1) is 27.3. The lowest BCUT2D eigenvalue weighted by Crippen LogP contribution is -2.49. The van der Waals surface area contributed by atoms with Crippen LogP contribution in [0.1, 0.15) is 39.7 Å². The number of fused-ring (bicyclic) bond motifs is 6. The molecule has 0 radical (unpaired) electrons. The highest BCUT2D eigenvalue weighted by molar-refractivity contribution is 6.05. The van der Waals surface area contributed by atoms with Crippen molar-refractivity contribution in [2.75, 3.05) is 13.2 Å². The van der Waals surface area contributed by atoms with Crippen LogP contribution in [0.25, 0.3) is 22.3 Å². The third-order valence-electron chi connectivity index (χ3n) is 8.67. The van der Waals surface area contributed by atoms with E-state index >= 15 is 0 Å². The van der Waals surface area contributed by atoms with Crippen LogP contribution in [0, 0.1) is 0 Å². The van der Waals surface area contributed by atoms with Crippen LogP contribution in [0.5, 0.6) is 0 Å². The minimum absolute atomic E-state index is 0.0552. The first-order valence-electron chi connectivity index (χ1n) is 14.5. The van der Waals surface area contributed by atoms with Crippen LogP contribution in [0.4, 0.5) is 0 Å². The normalized spacial score (nSPS) is 13.3. The van der Waals surface area contributed by atoms with E-state index in [-0.39, 0.29) is 37.1 Å². The first-order chi connectivity index (χ1) is 21.6. The van der Waals surface area contributed by atoms with Crippen LogP contribution in [0.3, 0.4) is 0 Å². The molecule has 0 saturated carbocycles. The van der Waals surface area contributed by atoms with Gasteiger partial charge >= 0.3 is 17.5 Å². The molecule has 7 rings (SSSR count). The zero-order valence-corrected chi connectivity index (χ0v) is 23.7. The SMILES string of the molecule is O=COC(C(=O)OCC1c2ccccc2-c2ccccc21)(C(=O)OCC1c2ccccc2-c2ccccc21)c1ccccc1. The maximum atomic E-state index is 14.1. The van der Waals surface area contributed by atoms with Crippen molar-refractivity contribution in [1.82, 2.24) is 0 Å². The van der Waals surface area contributed by atoms with Crippen molar-refractivity contribution in [3.8, 4) is 22.3 Å². The molecule has 0 N–H and O–H groups in total. The van der Waals surface area contributed by atoms with Crippen molar-refractivity contribution >= 4 is 18.4 Å². The van der Waals surface area contributed by atoms with E-state index in [0.717, 1.165) is 44.5 Å². The summed E-state index contributed by atoms with van der Waals surface area (Å²) in [5.41, 5.74) is 6.04. The second-order valence-electron chi connectivity index (χ2n) is 10.9. The van der Waals surface area contributed by atoms with E-state index in [4.69, 9.17) is 14.2 Å². The molecule has 44 heavy (non-hydrogen) atoms. The van der Waals surface area contributed by atoms with E-state index < -0.39 is 17.5 Å². The number of hydrogen-bond acceptors (Lipinski definition) is 6. The number of rotatable bonds is 9. The molecule has 5 aromatic carbocycles. The molecular weight excluding hydrogens is 552 g/mol. The molecule has 0 amide bonds. The second kappa shape index (κ2) is 11.3. The molecule has 0 aromatic heterocycles. The predicted molar refractivity (Wildman–Crippen MR) is 165 cm³/mol. The highest BCUT2D eigenvalue weighted by atomic mass is 16.6. The van der Waals surface area contributed by atoms with Gasteiger partial charge in [-0.2, -0.15) is 0 Å². The van der Waals surface area contributed by atoms with Gasteiger partial charge in [0.1, 0.15) is 13.2 Å². The summed E-state index contributed by atoms with van der Waals surface area (Å²) in [7, 11) is 0. The standard InChI is InChI=1S/C38H28O6/c39-24-44-38(25-12-2-1-3-13-25,36(40)42-22-34-30-18-8-4-14-26(30)27-15-5-9-19-31(27)34)37(41)43-23-35-32-20-10-6-16-28(32)29-17-7-11-21-33(29)35/h1-21,24,34-35H,22-23H2. The van der Waals surface area contributed by atoms with E-state index in [1.807, 2.05) is 97.1 Å². The summed E-state index contributed by atoms with van der Waals surface area (Å²) in [6, 6.07) is 40.0. The number of hydrogen-bond donors (Lipinski definition) is 0. The summed E-state index contributed by atoms with van der Waals surface area (Å²) in [4.78, 5) is 40.1. The zero-order valence-electron chi connectivity index (χ0n) is 23.7. The van der Waals surface area contributed by atoms with Gasteiger partial charge in [0, 0.05) is 17.4 Å². The van der Waals surface area contributed by atoms with Gasteiger partial charge in [0.2, 0.25) is 0 Å². The number of benzene rings is 5. The molecule has 6 heteroatoms. The Kier molecular flexibility index (Phi) is 7.03. The van der Waals surface area contributed by atoms with Gasteiger partial charge in [0.05, 0.1) is 0 Å². The third-order valence-corrected chi connectivity index (χ3v) is 8.67. The number of esters is 2. The molecule has 0 bridgehead atoms.